The van der Waals surface area contributed by atoms with Crippen molar-refractivity contribution < 1.29 is 4.74 Å². The van der Waals surface area contributed by atoms with Crippen molar-refractivity contribution in [2.45, 2.75) is 12.8 Å². The Kier molecular flexibility index (Phi) is 3.48. The minimum atomic E-state index is 0.638. The van der Waals surface area contributed by atoms with Crippen molar-refractivity contribution >= 4 is 27.2 Å². The second-order valence-corrected chi connectivity index (χ2v) is 5.88. The quantitative estimate of drug-likeness (QED) is 0.849. The van der Waals surface area contributed by atoms with E-state index in [1.807, 2.05) is 6.20 Å². The van der Waals surface area contributed by atoms with Crippen molar-refractivity contribution in [3.8, 4) is 0 Å². The van der Waals surface area contributed by atoms with Crippen LogP contribution < -0.4 is 4.90 Å². The first-order chi connectivity index (χ1) is 8.84. The molecule has 0 unspecified atom stereocenters. The molecule has 3 rings (SSSR count). The second-order valence-electron chi connectivity index (χ2n) is 4.93. The van der Waals surface area contributed by atoms with Crippen LogP contribution in [0, 0.1) is 5.92 Å². The van der Waals surface area contributed by atoms with Crippen molar-refractivity contribution in [1.82, 2.24) is 4.98 Å². The predicted octanol–water partition coefficient (Wildman–Crippen LogP) is 3.16. The summed E-state index contributed by atoms with van der Waals surface area (Å²) < 4.78 is 6.86. The van der Waals surface area contributed by atoms with E-state index in [0.29, 0.717) is 5.92 Å². The lowest BCUT2D eigenvalue weighted by Crippen LogP contribution is -2.31. The van der Waals surface area contributed by atoms with Gasteiger partial charge in [0.15, 0.2) is 0 Å². The van der Waals surface area contributed by atoms with Crippen molar-refractivity contribution in [1.29, 1.82) is 0 Å². The zero-order valence-electron chi connectivity index (χ0n) is 10.6. The van der Waals surface area contributed by atoms with E-state index >= 15 is 0 Å². The third kappa shape index (κ3) is 2.35. The second kappa shape index (κ2) is 5.24. The number of pyridine rings is 1. The maximum atomic E-state index is 5.55. The first-order valence-electron chi connectivity index (χ1n) is 6.45. The van der Waals surface area contributed by atoms with Crippen LogP contribution in [0.3, 0.4) is 0 Å². The maximum absolute atomic E-state index is 5.55. The normalized spacial score (nSPS) is 20.2. The van der Waals surface area contributed by atoms with E-state index in [0.717, 1.165) is 25.6 Å². The Morgan fingerprint density at radius 3 is 3.28 bits per heavy atom. The molecule has 2 aromatic rings. The van der Waals surface area contributed by atoms with Crippen molar-refractivity contribution in [3.05, 3.63) is 23.7 Å². The van der Waals surface area contributed by atoms with Crippen LogP contribution in [-0.4, -0.2) is 31.8 Å². The summed E-state index contributed by atoms with van der Waals surface area (Å²) >= 11 is 1.77. The standard InChI is InChI=1S/C14H18N2OS/c1-16(9-11-3-2-7-17-10-11)14-12-5-8-18-13(12)4-6-15-14/h4-6,8,11H,2-3,7,9-10H2,1H3/t11-/m1/s1. The summed E-state index contributed by atoms with van der Waals surface area (Å²) in [6.07, 6.45) is 4.36. The molecule has 1 aliphatic heterocycles. The molecule has 1 fully saturated rings. The molecule has 0 radical (unpaired) electrons. The molecule has 1 atom stereocenters. The van der Waals surface area contributed by atoms with Crippen molar-refractivity contribution in [2.24, 2.45) is 5.92 Å². The SMILES string of the molecule is CN(C[C@H]1CCCOC1)c1nccc2sccc12. The van der Waals surface area contributed by atoms with E-state index in [2.05, 4.69) is 34.4 Å². The van der Waals surface area contributed by atoms with Gasteiger partial charge in [-0.25, -0.2) is 4.98 Å². The summed E-state index contributed by atoms with van der Waals surface area (Å²) in [5.74, 6) is 1.73. The summed E-state index contributed by atoms with van der Waals surface area (Å²) in [4.78, 5) is 6.81. The molecule has 0 saturated carbocycles. The van der Waals surface area contributed by atoms with E-state index in [-0.39, 0.29) is 0 Å². The zero-order valence-corrected chi connectivity index (χ0v) is 11.4. The van der Waals surface area contributed by atoms with E-state index in [1.54, 1.807) is 11.3 Å². The topological polar surface area (TPSA) is 25.4 Å². The van der Waals surface area contributed by atoms with Gasteiger partial charge in [0, 0.05) is 36.5 Å². The Morgan fingerprint density at radius 2 is 2.44 bits per heavy atom. The molecule has 0 spiro atoms. The number of hydrogen-bond donors (Lipinski definition) is 0. The first kappa shape index (κ1) is 11.9. The van der Waals surface area contributed by atoms with Gasteiger partial charge in [0.1, 0.15) is 5.82 Å². The number of hydrogen-bond acceptors (Lipinski definition) is 4. The van der Waals surface area contributed by atoms with Gasteiger partial charge in [-0.2, -0.15) is 0 Å². The zero-order chi connectivity index (χ0) is 12.4. The minimum absolute atomic E-state index is 0.638. The number of anilines is 1. The summed E-state index contributed by atoms with van der Waals surface area (Å²) in [7, 11) is 2.13. The molecular formula is C14H18N2OS. The van der Waals surface area contributed by atoms with Gasteiger partial charge in [-0.1, -0.05) is 0 Å². The lowest BCUT2D eigenvalue weighted by atomic mass is 10.0. The van der Waals surface area contributed by atoms with Crippen LogP contribution in [0.1, 0.15) is 12.8 Å². The van der Waals surface area contributed by atoms with Gasteiger partial charge in [-0.05, 0) is 36.3 Å². The lowest BCUT2D eigenvalue weighted by Gasteiger charge is -2.28. The summed E-state index contributed by atoms with van der Waals surface area (Å²) in [5.41, 5.74) is 0. The van der Waals surface area contributed by atoms with E-state index in [1.165, 1.54) is 22.9 Å². The molecule has 1 aliphatic rings. The number of fused-ring (bicyclic) bond motifs is 1. The number of aromatic nitrogens is 1. The molecule has 2 aromatic heterocycles. The molecule has 96 valence electrons. The van der Waals surface area contributed by atoms with Gasteiger partial charge >= 0.3 is 0 Å². The highest BCUT2D eigenvalue weighted by Gasteiger charge is 2.17. The van der Waals surface area contributed by atoms with Crippen LogP contribution in [0.25, 0.3) is 10.1 Å². The Hall–Kier alpha value is -1.13. The highest BCUT2D eigenvalue weighted by atomic mass is 32.1. The Morgan fingerprint density at radius 1 is 1.50 bits per heavy atom. The highest BCUT2D eigenvalue weighted by Crippen LogP contribution is 2.28. The number of nitrogens with zero attached hydrogens (tertiary/aromatic N) is 2. The van der Waals surface area contributed by atoms with Gasteiger partial charge in [0.05, 0.1) is 6.61 Å². The molecule has 0 bridgehead atoms. The fourth-order valence-corrected chi connectivity index (χ4v) is 3.39. The lowest BCUT2D eigenvalue weighted by molar-refractivity contribution is 0.0576. The van der Waals surface area contributed by atoms with Gasteiger partial charge in [-0.15, -0.1) is 11.3 Å². The van der Waals surface area contributed by atoms with Crippen LogP contribution >= 0.6 is 11.3 Å². The van der Waals surface area contributed by atoms with E-state index in [9.17, 15) is 0 Å². The number of thiophene rings is 1. The van der Waals surface area contributed by atoms with Crippen LogP contribution in [0.4, 0.5) is 5.82 Å². The van der Waals surface area contributed by atoms with Crippen LogP contribution in [0.2, 0.25) is 0 Å². The number of ether oxygens (including phenoxy) is 1. The monoisotopic (exact) mass is 262 g/mol. The van der Waals surface area contributed by atoms with Crippen molar-refractivity contribution in [3.63, 3.8) is 0 Å². The number of rotatable bonds is 3. The summed E-state index contributed by atoms with van der Waals surface area (Å²) in [5, 5.41) is 3.40. The molecule has 0 aromatic carbocycles. The van der Waals surface area contributed by atoms with Crippen LogP contribution in [0.5, 0.6) is 0 Å². The van der Waals surface area contributed by atoms with E-state index < -0.39 is 0 Å². The molecule has 18 heavy (non-hydrogen) atoms. The van der Waals surface area contributed by atoms with Crippen molar-refractivity contribution in [2.75, 3.05) is 31.7 Å². The molecule has 3 nitrogen and oxygen atoms in total. The maximum Gasteiger partial charge on any atom is 0.137 e. The average Bonchev–Trinajstić information content (AvgIpc) is 2.87. The molecule has 0 aliphatic carbocycles. The van der Waals surface area contributed by atoms with Gasteiger partial charge in [-0.3, -0.25) is 0 Å². The van der Waals surface area contributed by atoms with Gasteiger partial charge in [0.25, 0.3) is 0 Å². The van der Waals surface area contributed by atoms with Gasteiger partial charge in [0.2, 0.25) is 0 Å². The minimum Gasteiger partial charge on any atom is -0.381 e. The Labute approximate surface area is 111 Å². The average molecular weight is 262 g/mol. The Balaban J connectivity index is 1.78. The molecule has 4 heteroatoms. The summed E-state index contributed by atoms with van der Waals surface area (Å²) in [6.45, 7) is 2.85. The molecule has 3 heterocycles. The first-order valence-corrected chi connectivity index (χ1v) is 7.33. The predicted molar refractivity (Wildman–Crippen MR) is 76.4 cm³/mol. The van der Waals surface area contributed by atoms with Crippen LogP contribution in [-0.2, 0) is 4.74 Å². The largest absolute Gasteiger partial charge is 0.381 e. The Bertz CT molecular complexity index is 519. The fourth-order valence-electron chi connectivity index (χ4n) is 2.61. The third-order valence-corrected chi connectivity index (χ3v) is 4.39. The van der Waals surface area contributed by atoms with Gasteiger partial charge < -0.3 is 9.64 Å². The smallest absolute Gasteiger partial charge is 0.137 e. The molecule has 0 amide bonds. The highest BCUT2D eigenvalue weighted by molar-refractivity contribution is 7.17. The fraction of sp³-hybridized carbons (Fsp3) is 0.500. The summed E-state index contributed by atoms with van der Waals surface area (Å²) in [6, 6.07) is 4.25. The third-order valence-electron chi connectivity index (χ3n) is 3.51. The molecule has 1 saturated heterocycles. The molecular weight excluding hydrogens is 244 g/mol. The van der Waals surface area contributed by atoms with Crippen LogP contribution in [0.15, 0.2) is 23.7 Å². The van der Waals surface area contributed by atoms with E-state index in [4.69, 9.17) is 4.74 Å². The molecule has 0 N–H and O–H groups in total.